The van der Waals surface area contributed by atoms with Gasteiger partial charge < -0.3 is 46.8 Å². The molecule has 1 aliphatic heterocycles. The minimum absolute atomic E-state index is 0.0888. The van der Waals surface area contributed by atoms with Gasteiger partial charge in [0.05, 0.1) is 18.5 Å². The lowest BCUT2D eigenvalue weighted by Crippen LogP contribution is -2.53. The number of aldehydes is 2. The lowest BCUT2D eigenvalue weighted by Gasteiger charge is -2.28. The van der Waals surface area contributed by atoms with Gasteiger partial charge in [-0.25, -0.2) is 0 Å². The Kier molecular flexibility index (Phi) is 23.6. The number of amides is 4. The molecule has 252 valence electrons. The molecule has 1 saturated carbocycles. The van der Waals surface area contributed by atoms with Crippen molar-refractivity contribution in [3.63, 3.8) is 0 Å². The lowest BCUT2D eigenvalue weighted by molar-refractivity contribution is -0.143. The van der Waals surface area contributed by atoms with E-state index in [0.29, 0.717) is 31.6 Å². The highest BCUT2D eigenvalue weighted by Gasteiger charge is 2.37. The molecule has 0 aromatic rings. The molecule has 4 unspecified atom stereocenters. The van der Waals surface area contributed by atoms with Gasteiger partial charge in [0.1, 0.15) is 18.6 Å². The van der Waals surface area contributed by atoms with Crippen molar-refractivity contribution in [1.82, 2.24) is 15.5 Å². The molecule has 4 atom stereocenters. The number of nitrogens with one attached hydrogen (secondary N) is 2. The summed E-state index contributed by atoms with van der Waals surface area (Å²) < 4.78 is 0. The minimum atomic E-state index is -1.22. The third kappa shape index (κ3) is 20.1. The number of nitrogens with two attached hydrogens (primary N) is 2. The van der Waals surface area contributed by atoms with Crippen molar-refractivity contribution in [2.75, 3.05) is 13.6 Å². The van der Waals surface area contributed by atoms with Crippen molar-refractivity contribution in [2.45, 2.75) is 110 Å². The van der Waals surface area contributed by atoms with Crippen LogP contribution in [0.5, 0.6) is 0 Å². The molecule has 2 aliphatic rings. The lowest BCUT2D eigenvalue weighted by atomic mass is 10.1. The van der Waals surface area contributed by atoms with Gasteiger partial charge in [0.2, 0.25) is 23.6 Å². The second kappa shape index (κ2) is 24.6. The molecule has 1 heterocycles. The zero-order chi connectivity index (χ0) is 34.2. The van der Waals surface area contributed by atoms with Crippen molar-refractivity contribution in [3.05, 3.63) is 0 Å². The monoisotopic (exact) mass is 629 g/mol. The van der Waals surface area contributed by atoms with Crippen molar-refractivity contribution < 1.29 is 48.6 Å². The second-order valence-electron chi connectivity index (χ2n) is 10.7. The number of likely N-dealkylation sites (N-methyl/N-ethyl adjacent to an activating group) is 1. The number of hydrogen-bond donors (Lipinski definition) is 6. The van der Waals surface area contributed by atoms with Crippen molar-refractivity contribution in [1.29, 1.82) is 0 Å². The number of carboxylic acid groups (broad SMARTS) is 2. The molecule has 15 heteroatoms. The molecule has 0 aromatic carbocycles. The molecule has 2 fully saturated rings. The van der Waals surface area contributed by atoms with E-state index in [0.717, 1.165) is 32.0 Å². The third-order valence-electron chi connectivity index (χ3n) is 6.97. The highest BCUT2D eigenvalue weighted by atomic mass is 16.4. The SMILES string of the molecule is CC(N)=O.CCC(C)CC=O.CNC(CCC(=O)O)C(=O)N1CCCC1C(=O)NC(C=O)CC(=O)O.NC(=O)C1CCCC1. The Morgan fingerprint density at radius 3 is 1.91 bits per heavy atom. The van der Waals surface area contributed by atoms with Crippen LogP contribution in [0.25, 0.3) is 0 Å². The molecule has 0 spiro atoms. The van der Waals surface area contributed by atoms with Gasteiger partial charge in [-0.3, -0.25) is 28.8 Å². The molecule has 1 aliphatic carbocycles. The van der Waals surface area contributed by atoms with Gasteiger partial charge in [-0.2, -0.15) is 0 Å². The van der Waals surface area contributed by atoms with Crippen LogP contribution in [0.2, 0.25) is 0 Å². The largest absolute Gasteiger partial charge is 0.481 e. The summed E-state index contributed by atoms with van der Waals surface area (Å²) in [7, 11) is 1.53. The van der Waals surface area contributed by atoms with Gasteiger partial charge in [-0.05, 0) is 45.1 Å². The van der Waals surface area contributed by atoms with Crippen LogP contribution < -0.4 is 22.1 Å². The van der Waals surface area contributed by atoms with Crippen LogP contribution in [0.15, 0.2) is 0 Å². The van der Waals surface area contributed by atoms with E-state index >= 15 is 0 Å². The number of carbonyl (C=O) groups is 8. The summed E-state index contributed by atoms with van der Waals surface area (Å²) in [6, 6.07) is -2.69. The number of likely N-dealkylation sites (tertiary alicyclic amines) is 1. The first kappa shape index (κ1) is 42.3. The Morgan fingerprint density at radius 2 is 1.55 bits per heavy atom. The molecule has 44 heavy (non-hydrogen) atoms. The fourth-order valence-corrected chi connectivity index (χ4v) is 4.30. The second-order valence-corrected chi connectivity index (χ2v) is 10.7. The van der Waals surface area contributed by atoms with Crippen LogP contribution in [0, 0.1) is 11.8 Å². The van der Waals surface area contributed by atoms with E-state index in [2.05, 4.69) is 30.2 Å². The smallest absolute Gasteiger partial charge is 0.305 e. The summed E-state index contributed by atoms with van der Waals surface area (Å²) >= 11 is 0. The number of primary amides is 2. The van der Waals surface area contributed by atoms with E-state index in [1.54, 1.807) is 0 Å². The topological polar surface area (TPSA) is 256 Å². The molecule has 0 bridgehead atoms. The summed E-state index contributed by atoms with van der Waals surface area (Å²) in [6.45, 7) is 5.81. The summed E-state index contributed by atoms with van der Waals surface area (Å²) in [5, 5.41) is 22.5. The Hall–Kier alpha value is -3.88. The maximum atomic E-state index is 12.6. The van der Waals surface area contributed by atoms with Gasteiger partial charge in [-0.1, -0.05) is 33.1 Å². The highest BCUT2D eigenvalue weighted by molar-refractivity contribution is 5.92. The fraction of sp³-hybridized carbons (Fsp3) is 0.724. The zero-order valence-electron chi connectivity index (χ0n) is 26.3. The molecule has 15 nitrogen and oxygen atoms in total. The number of aliphatic carboxylic acids is 2. The predicted octanol–water partition coefficient (Wildman–Crippen LogP) is 0.364. The maximum Gasteiger partial charge on any atom is 0.305 e. The van der Waals surface area contributed by atoms with E-state index in [1.165, 1.54) is 31.7 Å². The fourth-order valence-electron chi connectivity index (χ4n) is 4.30. The van der Waals surface area contributed by atoms with Gasteiger partial charge in [0.15, 0.2) is 0 Å². The molecule has 0 aromatic heterocycles. The molecule has 0 radical (unpaired) electrons. The minimum Gasteiger partial charge on any atom is -0.481 e. The van der Waals surface area contributed by atoms with Crippen molar-refractivity contribution in [3.8, 4) is 0 Å². The first-order valence-corrected chi connectivity index (χ1v) is 14.8. The number of nitrogens with zero attached hydrogens (tertiary/aromatic N) is 1. The third-order valence-corrected chi connectivity index (χ3v) is 6.97. The zero-order valence-corrected chi connectivity index (χ0v) is 26.3. The molecule has 1 saturated heterocycles. The highest BCUT2D eigenvalue weighted by Crippen LogP contribution is 2.23. The summed E-state index contributed by atoms with van der Waals surface area (Å²) in [5.74, 6) is -2.87. The molecule has 2 rings (SSSR count). The predicted molar refractivity (Wildman–Crippen MR) is 161 cm³/mol. The first-order chi connectivity index (χ1) is 20.6. The van der Waals surface area contributed by atoms with E-state index in [-0.39, 0.29) is 36.5 Å². The van der Waals surface area contributed by atoms with Crippen LogP contribution in [0.3, 0.4) is 0 Å². The summed E-state index contributed by atoms with van der Waals surface area (Å²) in [5.41, 5.74) is 9.53. The summed E-state index contributed by atoms with van der Waals surface area (Å²) in [4.78, 5) is 87.9. The van der Waals surface area contributed by atoms with E-state index in [9.17, 15) is 38.4 Å². The van der Waals surface area contributed by atoms with Crippen LogP contribution in [0.4, 0.5) is 0 Å². The normalized spacial score (nSPS) is 17.5. The van der Waals surface area contributed by atoms with Gasteiger partial charge in [-0.15, -0.1) is 0 Å². The Morgan fingerprint density at radius 1 is 0.977 bits per heavy atom. The number of hydrogen-bond acceptors (Lipinski definition) is 9. The van der Waals surface area contributed by atoms with Crippen molar-refractivity contribution in [2.24, 2.45) is 23.3 Å². The van der Waals surface area contributed by atoms with Crippen LogP contribution in [-0.2, 0) is 38.4 Å². The van der Waals surface area contributed by atoms with Gasteiger partial charge >= 0.3 is 11.9 Å². The summed E-state index contributed by atoms with van der Waals surface area (Å²) in [6.07, 6.45) is 7.92. The molecule has 4 amide bonds. The number of rotatable bonds is 14. The number of carbonyl (C=O) groups excluding carboxylic acids is 6. The maximum absolute atomic E-state index is 12.6. The molecular formula is C29H51N5O10. The van der Waals surface area contributed by atoms with Crippen LogP contribution in [0.1, 0.15) is 91.4 Å². The van der Waals surface area contributed by atoms with E-state index in [1.807, 2.05) is 0 Å². The first-order valence-electron chi connectivity index (χ1n) is 14.8. The number of carboxylic acids is 2. The average molecular weight is 630 g/mol. The Labute approximate surface area is 258 Å². The molecule has 8 N–H and O–H groups in total. The Balaban J connectivity index is 0. The van der Waals surface area contributed by atoms with Crippen molar-refractivity contribution >= 4 is 48.1 Å². The standard InChI is InChI=1S/C15H23N3O7.C6H11NO.C6H12O.C2H5NO/c1-16-10(4-5-12(20)21)15(25)18-6-2-3-11(18)14(24)17-9(8-19)7-13(22)23;7-6(8)5-3-1-2-4-5;1-3-6(2)4-5-7;1-2(3)4/h8-11,16H,2-7H2,1H3,(H,17,24)(H,20,21)(H,22,23);5H,1-4H2,(H2,7,8);5-6H,3-4H2,1-2H3;1H3,(H2,3,4). The quantitative estimate of drug-likeness (QED) is 0.143. The van der Waals surface area contributed by atoms with Gasteiger partial charge in [0.25, 0.3) is 0 Å². The Bertz CT molecular complexity index is 936. The van der Waals surface area contributed by atoms with Gasteiger partial charge in [0, 0.05) is 32.2 Å². The van der Waals surface area contributed by atoms with Crippen LogP contribution >= 0.6 is 0 Å². The van der Waals surface area contributed by atoms with E-state index in [4.69, 9.17) is 15.9 Å². The average Bonchev–Trinajstić information content (AvgIpc) is 3.66. The van der Waals surface area contributed by atoms with Crippen LogP contribution in [-0.4, -0.2) is 95.0 Å². The molecular weight excluding hydrogens is 578 g/mol. The van der Waals surface area contributed by atoms with E-state index < -0.39 is 42.4 Å².